The number of aromatic nitrogens is 9. The third-order valence-corrected chi connectivity index (χ3v) is 13.4. The maximum absolute atomic E-state index is 12.5. The topological polar surface area (TPSA) is 277 Å². The molecule has 7 aromatic rings. The molecule has 5 aromatic heterocycles. The molecule has 1 aliphatic heterocycles. The number of carbonyl (C=O) groups is 2. The molecule has 3 aliphatic rings. The quantitative estimate of drug-likeness (QED) is 0.0721. The molecule has 20 nitrogen and oxygen atoms in total. The molecule has 1 saturated heterocycles. The van der Waals surface area contributed by atoms with Gasteiger partial charge in [-0.3, -0.25) is 14.2 Å². The number of aliphatic hydroxyl groups excluding tert-OH is 3. The smallest absolute Gasteiger partial charge is 0.311 e. The van der Waals surface area contributed by atoms with E-state index in [1.807, 2.05) is 44.2 Å². The van der Waals surface area contributed by atoms with Gasteiger partial charge in [0.2, 0.25) is 5.28 Å². The number of aryl methyl sites for hydroxylation is 2. The van der Waals surface area contributed by atoms with E-state index in [2.05, 4.69) is 51.8 Å². The Hall–Kier alpha value is -6.13. The van der Waals surface area contributed by atoms with Gasteiger partial charge in [0.15, 0.2) is 46.0 Å². The highest BCUT2D eigenvalue weighted by molar-refractivity contribution is 6.30. The lowest BCUT2D eigenvalue weighted by Gasteiger charge is -2.23. The molecule has 7 N–H and O–H groups in total. The van der Waals surface area contributed by atoms with Gasteiger partial charge in [0.25, 0.3) is 0 Å². The van der Waals surface area contributed by atoms with Crippen LogP contribution in [0, 0.1) is 25.2 Å². The highest BCUT2D eigenvalue weighted by Crippen LogP contribution is 2.68. The third kappa shape index (κ3) is 8.76. The molecular formula is C46H50Cl2N12O8. The summed E-state index contributed by atoms with van der Waals surface area (Å²) in [5.74, 6) is 0.960. The van der Waals surface area contributed by atoms with E-state index in [0.29, 0.717) is 70.9 Å². The van der Waals surface area contributed by atoms with Crippen LogP contribution in [0.5, 0.6) is 5.95 Å². The van der Waals surface area contributed by atoms with E-state index in [-0.39, 0.29) is 35.8 Å². The standard InChI is InChI=1S/C24H26ClN7O5.C22H24ClN5O3/c1-3-16(33)21-18(26)20(34)24(36-21)32-11-30-19-22(28-10-29-23(19)32)27-8-14-7-15(25)5-4-13(14)9-35-17-6-12(2)31-37-17;1-3-14(29)22-8-13(22)16(17(30)18(22)31)28-10-25-15-19(26-21(23)27-20(15)28)24-9-12-6-4-5-11(2)7-12/h4-7,10-11,18,20-21,24,34H,3,8-9,26H2,1-2H3,(H,27,28,29);4-7,10,13,16-18,30-31H,3,8-9H2,1-2H3,(H,24,26,27)/t18-,20?,21-,24-;13-,16-,17?,18-,22-/m11/s1. The zero-order chi connectivity index (χ0) is 48.0. The van der Waals surface area contributed by atoms with Crippen molar-refractivity contribution in [2.75, 3.05) is 10.6 Å². The molecule has 2 aromatic carbocycles. The number of Topliss-reactive ketones (excluding diaryl/α,β-unsaturated/α-hetero) is 2. The van der Waals surface area contributed by atoms with Gasteiger partial charge >= 0.3 is 5.95 Å². The Morgan fingerprint density at radius 2 is 1.65 bits per heavy atom. The molecule has 10 rings (SSSR count). The fourth-order valence-corrected chi connectivity index (χ4v) is 9.79. The lowest BCUT2D eigenvalue weighted by molar-refractivity contribution is -0.132. The summed E-state index contributed by atoms with van der Waals surface area (Å²) in [6.07, 6.45) is 0.518. The number of anilines is 2. The van der Waals surface area contributed by atoms with Crippen molar-refractivity contribution in [2.45, 2.75) is 109 Å². The number of ketones is 2. The van der Waals surface area contributed by atoms with Crippen LogP contribution in [-0.2, 0) is 34.0 Å². The number of hydrogen-bond donors (Lipinski definition) is 6. The van der Waals surface area contributed by atoms with Crippen LogP contribution in [0.25, 0.3) is 22.3 Å². The summed E-state index contributed by atoms with van der Waals surface area (Å²) < 4.78 is 20.0. The molecule has 68 heavy (non-hydrogen) atoms. The van der Waals surface area contributed by atoms with Gasteiger partial charge in [-0.05, 0) is 66.6 Å². The van der Waals surface area contributed by atoms with Gasteiger partial charge in [0, 0.05) is 37.0 Å². The number of nitrogens with one attached hydrogen (secondary N) is 2. The number of halogens is 2. The van der Waals surface area contributed by atoms with Crippen LogP contribution < -0.4 is 21.1 Å². The van der Waals surface area contributed by atoms with Crippen LogP contribution >= 0.6 is 23.2 Å². The number of nitrogens with zero attached hydrogens (tertiary/aromatic N) is 9. The van der Waals surface area contributed by atoms with Crippen molar-refractivity contribution in [2.24, 2.45) is 17.1 Å². The van der Waals surface area contributed by atoms with Crippen molar-refractivity contribution in [3.63, 3.8) is 0 Å². The molecular weight excluding hydrogens is 919 g/mol. The lowest BCUT2D eigenvalue weighted by atomic mass is 9.92. The van der Waals surface area contributed by atoms with Gasteiger partial charge in [-0.1, -0.05) is 66.5 Å². The largest absolute Gasteiger partial charge is 0.459 e. The average Bonchev–Trinajstić information content (AvgIpc) is 3.78. The minimum absolute atomic E-state index is 0.0101. The summed E-state index contributed by atoms with van der Waals surface area (Å²) in [4.78, 5) is 50.9. The number of fused-ring (bicyclic) bond motifs is 3. The SMILES string of the molecule is CCC(=O)[C@@]12C[C@@H]1[C@@H](n1cnc3c(NCc4cccc(C)c4)nc(Cl)nc31)C(O)[C@H]2O.CCC(=O)[C@H]1O[C@@H](n2cnc3c(NCc4cc(Cl)ccc4COc4cc(C)no4)ncnc32)C(O)[C@H]1N. The second-order valence-electron chi connectivity index (χ2n) is 17.3. The van der Waals surface area contributed by atoms with E-state index >= 15 is 0 Å². The van der Waals surface area contributed by atoms with E-state index in [1.165, 1.54) is 12.7 Å². The Bertz CT molecular complexity index is 3000. The monoisotopic (exact) mass is 968 g/mol. The average molecular weight is 970 g/mol. The van der Waals surface area contributed by atoms with Crippen molar-refractivity contribution >= 4 is 68.7 Å². The van der Waals surface area contributed by atoms with Crippen molar-refractivity contribution in [3.8, 4) is 5.95 Å². The van der Waals surface area contributed by atoms with Crippen LogP contribution in [0.2, 0.25) is 10.3 Å². The third-order valence-electron chi connectivity index (χ3n) is 13.0. The number of benzene rings is 2. The van der Waals surface area contributed by atoms with Crippen LogP contribution in [0.4, 0.5) is 11.6 Å². The van der Waals surface area contributed by atoms with Crippen molar-refractivity contribution in [1.29, 1.82) is 0 Å². The number of ether oxygens (including phenoxy) is 2. The summed E-state index contributed by atoms with van der Waals surface area (Å²) >= 11 is 12.5. The minimum atomic E-state index is -1.11. The zero-order valence-corrected chi connectivity index (χ0v) is 39.0. The Labute approximate surface area is 399 Å². The second kappa shape index (κ2) is 19.1. The first-order valence-corrected chi connectivity index (χ1v) is 22.9. The maximum atomic E-state index is 12.5. The van der Waals surface area contributed by atoms with Crippen LogP contribution in [0.3, 0.4) is 0 Å². The lowest BCUT2D eigenvalue weighted by Crippen LogP contribution is -2.43. The highest BCUT2D eigenvalue weighted by Gasteiger charge is 2.74. The van der Waals surface area contributed by atoms with E-state index < -0.39 is 48.1 Å². The molecule has 0 radical (unpaired) electrons. The highest BCUT2D eigenvalue weighted by atomic mass is 35.5. The number of nitrogens with two attached hydrogens (primary N) is 1. The number of hydrogen-bond acceptors (Lipinski definition) is 18. The Balaban J connectivity index is 0.000000172. The summed E-state index contributed by atoms with van der Waals surface area (Å²) in [7, 11) is 0. The van der Waals surface area contributed by atoms with Crippen LogP contribution in [-0.4, -0.2) is 102 Å². The molecule has 0 spiro atoms. The molecule has 2 saturated carbocycles. The molecule has 2 aliphatic carbocycles. The Morgan fingerprint density at radius 3 is 2.38 bits per heavy atom. The summed E-state index contributed by atoms with van der Waals surface area (Å²) in [6.45, 7) is 8.52. The minimum Gasteiger partial charge on any atom is -0.459 e. The molecule has 22 heteroatoms. The molecule has 3 fully saturated rings. The van der Waals surface area contributed by atoms with E-state index in [4.69, 9.17) is 42.9 Å². The number of rotatable bonds is 15. The summed E-state index contributed by atoms with van der Waals surface area (Å²) in [5, 5.41) is 43.1. The summed E-state index contributed by atoms with van der Waals surface area (Å²) in [6, 6.07) is 14.0. The number of imidazole rings is 2. The van der Waals surface area contributed by atoms with Crippen molar-refractivity contribution in [3.05, 3.63) is 106 Å². The van der Waals surface area contributed by atoms with Gasteiger partial charge in [0.05, 0.1) is 42.0 Å². The zero-order valence-electron chi connectivity index (χ0n) is 37.5. The first-order chi connectivity index (χ1) is 32.7. The molecule has 6 heterocycles. The maximum Gasteiger partial charge on any atom is 0.311 e. The first kappa shape index (κ1) is 47.0. The van der Waals surface area contributed by atoms with Crippen LogP contribution in [0.1, 0.15) is 73.3 Å². The normalized spacial score (nSPS) is 25.0. The van der Waals surface area contributed by atoms with Gasteiger partial charge in [-0.15, -0.1) is 0 Å². The molecule has 2 unspecified atom stereocenters. The predicted molar refractivity (Wildman–Crippen MR) is 249 cm³/mol. The predicted octanol–water partition coefficient (Wildman–Crippen LogP) is 5.19. The Kier molecular flexibility index (Phi) is 13.2. The van der Waals surface area contributed by atoms with Gasteiger partial charge in [-0.2, -0.15) is 9.97 Å². The van der Waals surface area contributed by atoms with E-state index in [9.17, 15) is 24.9 Å². The Morgan fingerprint density at radius 1 is 0.882 bits per heavy atom. The van der Waals surface area contributed by atoms with Crippen molar-refractivity contribution in [1.82, 2.24) is 44.2 Å². The van der Waals surface area contributed by atoms with Gasteiger partial charge < -0.3 is 50.3 Å². The van der Waals surface area contributed by atoms with Gasteiger partial charge in [-0.25, -0.2) is 19.9 Å². The second-order valence-corrected chi connectivity index (χ2v) is 18.1. The van der Waals surface area contributed by atoms with E-state index in [1.54, 1.807) is 41.4 Å². The molecule has 356 valence electrons. The molecule has 0 amide bonds. The van der Waals surface area contributed by atoms with Crippen LogP contribution in [0.15, 0.2) is 72.0 Å². The van der Waals surface area contributed by atoms with E-state index in [0.717, 1.165) is 27.9 Å². The van der Waals surface area contributed by atoms with Crippen molar-refractivity contribution < 1.29 is 38.9 Å². The first-order valence-electron chi connectivity index (χ1n) is 22.2. The van der Waals surface area contributed by atoms with Gasteiger partial charge in [0.1, 0.15) is 37.0 Å². The number of carbonyl (C=O) groups excluding carboxylic acids is 2. The fourth-order valence-electron chi connectivity index (χ4n) is 9.43. The number of aliphatic hydroxyl groups is 3. The molecule has 0 bridgehead atoms. The summed E-state index contributed by atoms with van der Waals surface area (Å²) in [5.41, 5.74) is 11.9. The fraction of sp³-hybridized carbons (Fsp3) is 0.413. The molecule has 9 atom stereocenters.